The summed E-state index contributed by atoms with van der Waals surface area (Å²) in [6.07, 6.45) is 0.908. The number of hydrogen-bond acceptors (Lipinski definition) is 2. The van der Waals surface area contributed by atoms with Crippen molar-refractivity contribution in [2.75, 3.05) is 24.6 Å². The third-order valence-electron chi connectivity index (χ3n) is 3.59. The van der Waals surface area contributed by atoms with E-state index in [0.717, 1.165) is 24.4 Å². The molecule has 1 aliphatic heterocycles. The van der Waals surface area contributed by atoms with Gasteiger partial charge in [0.2, 0.25) is 0 Å². The van der Waals surface area contributed by atoms with Crippen LogP contribution >= 0.6 is 11.6 Å². The Kier molecular flexibility index (Phi) is 4.49. The summed E-state index contributed by atoms with van der Waals surface area (Å²) >= 11 is 5.81. The van der Waals surface area contributed by atoms with Gasteiger partial charge < -0.3 is 10.1 Å². The molecule has 0 fully saturated rings. The molecule has 2 aromatic carbocycles. The highest BCUT2D eigenvalue weighted by Gasteiger charge is 2.23. The predicted octanol–water partition coefficient (Wildman–Crippen LogP) is 3.49. The Bertz CT molecular complexity index is 658. The number of anilines is 1. The van der Waals surface area contributed by atoms with Gasteiger partial charge in [-0.2, -0.15) is 0 Å². The van der Waals surface area contributed by atoms with E-state index in [9.17, 15) is 4.79 Å². The fourth-order valence-electron chi connectivity index (χ4n) is 2.50. The summed E-state index contributed by atoms with van der Waals surface area (Å²) in [7, 11) is 0. The van der Waals surface area contributed by atoms with E-state index in [-0.39, 0.29) is 6.03 Å². The molecule has 3 rings (SSSR count). The van der Waals surface area contributed by atoms with E-state index in [0.29, 0.717) is 18.2 Å². The van der Waals surface area contributed by atoms with Gasteiger partial charge in [-0.3, -0.25) is 4.90 Å². The van der Waals surface area contributed by atoms with Gasteiger partial charge in [-0.05, 0) is 42.3 Å². The quantitative estimate of drug-likeness (QED) is 0.877. The number of amides is 2. The van der Waals surface area contributed by atoms with Crippen molar-refractivity contribution in [2.45, 2.75) is 6.42 Å². The lowest BCUT2D eigenvalue weighted by Crippen LogP contribution is -2.40. The lowest BCUT2D eigenvalue weighted by molar-refractivity contribution is 0.242. The molecule has 1 aliphatic rings. The topological polar surface area (TPSA) is 41.6 Å². The van der Waals surface area contributed by atoms with Gasteiger partial charge in [-0.15, -0.1) is 0 Å². The summed E-state index contributed by atoms with van der Waals surface area (Å²) in [5.41, 5.74) is 2.22. The summed E-state index contributed by atoms with van der Waals surface area (Å²) in [6, 6.07) is 15.1. The Morgan fingerprint density at radius 1 is 1.18 bits per heavy atom. The highest BCUT2D eigenvalue weighted by atomic mass is 35.5. The second-order valence-electron chi connectivity index (χ2n) is 5.06. The number of para-hydroxylation sites is 1. The van der Waals surface area contributed by atoms with Gasteiger partial charge in [-0.1, -0.05) is 29.8 Å². The molecule has 4 nitrogen and oxygen atoms in total. The maximum Gasteiger partial charge on any atom is 0.322 e. The van der Waals surface area contributed by atoms with E-state index in [1.54, 1.807) is 29.2 Å². The van der Waals surface area contributed by atoms with Crippen LogP contribution in [0.4, 0.5) is 10.5 Å². The highest BCUT2D eigenvalue weighted by molar-refractivity contribution is 6.30. The van der Waals surface area contributed by atoms with Crippen molar-refractivity contribution < 1.29 is 9.53 Å². The molecule has 5 heteroatoms. The molecule has 0 saturated carbocycles. The number of carbonyl (C=O) groups excluding carboxylic acids is 1. The van der Waals surface area contributed by atoms with Crippen molar-refractivity contribution >= 4 is 23.3 Å². The van der Waals surface area contributed by atoms with Gasteiger partial charge in [0.1, 0.15) is 12.4 Å². The molecule has 1 N–H and O–H groups in total. The van der Waals surface area contributed by atoms with Crippen molar-refractivity contribution in [1.29, 1.82) is 0 Å². The first kappa shape index (κ1) is 14.7. The second-order valence-corrected chi connectivity index (χ2v) is 5.50. The van der Waals surface area contributed by atoms with E-state index in [1.807, 2.05) is 18.2 Å². The van der Waals surface area contributed by atoms with E-state index < -0.39 is 0 Å². The Morgan fingerprint density at radius 2 is 1.95 bits per heavy atom. The van der Waals surface area contributed by atoms with Gasteiger partial charge in [0.25, 0.3) is 0 Å². The van der Waals surface area contributed by atoms with E-state index in [1.165, 1.54) is 5.56 Å². The number of hydrogen-bond donors (Lipinski definition) is 1. The monoisotopic (exact) mass is 316 g/mol. The number of benzene rings is 2. The van der Waals surface area contributed by atoms with Crippen LogP contribution in [0.25, 0.3) is 0 Å². The number of urea groups is 1. The lowest BCUT2D eigenvalue weighted by Gasteiger charge is -2.18. The summed E-state index contributed by atoms with van der Waals surface area (Å²) < 4.78 is 5.55. The number of halogens is 1. The van der Waals surface area contributed by atoms with Gasteiger partial charge in [0.05, 0.1) is 6.54 Å². The van der Waals surface area contributed by atoms with Crippen molar-refractivity contribution in [2.24, 2.45) is 0 Å². The molecule has 0 unspecified atom stereocenters. The van der Waals surface area contributed by atoms with Crippen LogP contribution in [0.3, 0.4) is 0 Å². The third kappa shape index (κ3) is 3.34. The Hall–Kier alpha value is -2.20. The van der Waals surface area contributed by atoms with E-state index >= 15 is 0 Å². The molecule has 0 atom stereocenters. The van der Waals surface area contributed by atoms with Crippen LogP contribution in [-0.2, 0) is 6.42 Å². The summed E-state index contributed by atoms with van der Waals surface area (Å²) in [5.74, 6) is 0.741. The Labute approximate surface area is 134 Å². The number of nitrogens with one attached hydrogen (secondary N) is 1. The normalized spacial score (nSPS) is 12.9. The number of fused-ring (bicyclic) bond motifs is 1. The highest BCUT2D eigenvalue weighted by Crippen LogP contribution is 2.27. The molecule has 114 valence electrons. The number of nitrogens with zero attached hydrogens (tertiary/aromatic N) is 1. The SMILES string of the molecule is O=C(NCCOc1ccc(Cl)cc1)N1CCc2ccccc21. The van der Waals surface area contributed by atoms with Crippen LogP contribution in [0.5, 0.6) is 5.75 Å². The van der Waals surface area contributed by atoms with Gasteiger partial charge in [-0.25, -0.2) is 4.79 Å². The molecular formula is C17H17ClN2O2. The fraction of sp³-hybridized carbons (Fsp3) is 0.235. The molecule has 2 amide bonds. The van der Waals surface area contributed by atoms with Crippen molar-refractivity contribution in [1.82, 2.24) is 5.32 Å². The van der Waals surface area contributed by atoms with Crippen LogP contribution in [0.2, 0.25) is 5.02 Å². The minimum atomic E-state index is -0.0790. The largest absolute Gasteiger partial charge is 0.492 e. The molecule has 0 aliphatic carbocycles. The maximum atomic E-state index is 12.2. The van der Waals surface area contributed by atoms with Crippen LogP contribution in [0.15, 0.2) is 48.5 Å². The number of rotatable bonds is 4. The minimum Gasteiger partial charge on any atom is -0.492 e. The minimum absolute atomic E-state index is 0.0790. The summed E-state index contributed by atoms with van der Waals surface area (Å²) in [6.45, 7) is 1.60. The fourth-order valence-corrected chi connectivity index (χ4v) is 2.63. The number of ether oxygens (including phenoxy) is 1. The van der Waals surface area contributed by atoms with Crippen molar-refractivity contribution in [3.05, 3.63) is 59.1 Å². The zero-order chi connectivity index (χ0) is 15.4. The van der Waals surface area contributed by atoms with Crippen LogP contribution in [0, 0.1) is 0 Å². The molecule has 0 bridgehead atoms. The first-order chi connectivity index (χ1) is 10.7. The first-order valence-corrected chi connectivity index (χ1v) is 7.63. The molecule has 0 aromatic heterocycles. The van der Waals surface area contributed by atoms with Gasteiger partial charge in [0, 0.05) is 17.3 Å². The smallest absolute Gasteiger partial charge is 0.322 e. The molecule has 0 spiro atoms. The molecule has 0 saturated heterocycles. The summed E-state index contributed by atoms with van der Waals surface area (Å²) in [5, 5.41) is 3.56. The number of carbonyl (C=O) groups is 1. The Morgan fingerprint density at radius 3 is 2.77 bits per heavy atom. The zero-order valence-electron chi connectivity index (χ0n) is 12.1. The standard InChI is InChI=1S/C17H17ClN2O2/c18-14-5-7-15(8-6-14)22-12-10-19-17(21)20-11-9-13-3-1-2-4-16(13)20/h1-8H,9-12H2,(H,19,21). The lowest BCUT2D eigenvalue weighted by atomic mass is 10.2. The maximum absolute atomic E-state index is 12.2. The van der Waals surface area contributed by atoms with E-state index in [2.05, 4.69) is 11.4 Å². The third-order valence-corrected chi connectivity index (χ3v) is 3.84. The van der Waals surface area contributed by atoms with E-state index in [4.69, 9.17) is 16.3 Å². The average Bonchev–Trinajstić information content (AvgIpc) is 2.97. The molecule has 22 heavy (non-hydrogen) atoms. The predicted molar refractivity (Wildman–Crippen MR) is 87.8 cm³/mol. The second kappa shape index (κ2) is 6.71. The molecular weight excluding hydrogens is 300 g/mol. The molecule has 0 radical (unpaired) electrons. The molecule has 1 heterocycles. The first-order valence-electron chi connectivity index (χ1n) is 7.26. The van der Waals surface area contributed by atoms with Crippen molar-refractivity contribution in [3.8, 4) is 5.75 Å². The average molecular weight is 317 g/mol. The molecule has 2 aromatic rings. The van der Waals surface area contributed by atoms with Crippen molar-refractivity contribution in [3.63, 3.8) is 0 Å². The van der Waals surface area contributed by atoms with Crippen LogP contribution in [0.1, 0.15) is 5.56 Å². The van der Waals surface area contributed by atoms with Crippen LogP contribution < -0.4 is 15.0 Å². The Balaban J connectivity index is 1.46. The summed E-state index contributed by atoms with van der Waals surface area (Å²) in [4.78, 5) is 14.0. The van der Waals surface area contributed by atoms with Crippen LogP contribution in [-0.4, -0.2) is 25.7 Å². The zero-order valence-corrected chi connectivity index (χ0v) is 12.8. The van der Waals surface area contributed by atoms with Gasteiger partial charge >= 0.3 is 6.03 Å². The van der Waals surface area contributed by atoms with Gasteiger partial charge in [0.15, 0.2) is 0 Å².